The zero-order valence-corrected chi connectivity index (χ0v) is 14.1. The standard InChI is InChI=1S/C16H17NO3S2/c1-9-5-6-10-12(8-9)22-15(13(10)16(19)20-2)17-14(18)11-4-3-7-21-11/h3-4,7,9H,5-6,8H2,1-2H3,(H,17,18)/t9-/m1/s1. The monoisotopic (exact) mass is 335 g/mol. The highest BCUT2D eigenvalue weighted by atomic mass is 32.1. The van der Waals surface area contributed by atoms with Gasteiger partial charge in [-0.1, -0.05) is 13.0 Å². The van der Waals surface area contributed by atoms with Crippen molar-refractivity contribution in [3.63, 3.8) is 0 Å². The highest BCUT2D eigenvalue weighted by Crippen LogP contribution is 2.40. The molecule has 0 spiro atoms. The largest absolute Gasteiger partial charge is 0.465 e. The minimum Gasteiger partial charge on any atom is -0.465 e. The normalized spacial score (nSPS) is 16.9. The Kier molecular flexibility index (Phi) is 4.31. The highest BCUT2D eigenvalue weighted by molar-refractivity contribution is 7.17. The molecule has 2 heterocycles. The van der Waals surface area contributed by atoms with Crippen LogP contribution in [-0.2, 0) is 17.6 Å². The second-order valence-electron chi connectivity index (χ2n) is 5.48. The van der Waals surface area contributed by atoms with Gasteiger partial charge in [0.2, 0.25) is 0 Å². The third-order valence-electron chi connectivity index (χ3n) is 3.87. The summed E-state index contributed by atoms with van der Waals surface area (Å²) in [6.07, 6.45) is 2.89. The van der Waals surface area contributed by atoms with Crippen molar-refractivity contribution in [2.45, 2.75) is 26.2 Å². The molecule has 116 valence electrons. The number of hydrogen-bond acceptors (Lipinski definition) is 5. The number of esters is 1. The van der Waals surface area contributed by atoms with Gasteiger partial charge < -0.3 is 10.1 Å². The third-order valence-corrected chi connectivity index (χ3v) is 5.91. The Morgan fingerprint density at radius 2 is 2.23 bits per heavy atom. The summed E-state index contributed by atoms with van der Waals surface area (Å²) in [6, 6.07) is 3.61. The fourth-order valence-electron chi connectivity index (χ4n) is 2.73. The van der Waals surface area contributed by atoms with Gasteiger partial charge in [0.25, 0.3) is 5.91 Å². The van der Waals surface area contributed by atoms with Gasteiger partial charge in [-0.2, -0.15) is 0 Å². The maximum atomic E-state index is 12.3. The molecule has 6 heteroatoms. The smallest absolute Gasteiger partial charge is 0.341 e. The topological polar surface area (TPSA) is 55.4 Å². The number of amides is 1. The second-order valence-corrected chi connectivity index (χ2v) is 7.53. The highest BCUT2D eigenvalue weighted by Gasteiger charge is 2.29. The zero-order valence-electron chi connectivity index (χ0n) is 12.5. The van der Waals surface area contributed by atoms with Crippen molar-refractivity contribution in [1.29, 1.82) is 0 Å². The second kappa shape index (κ2) is 6.22. The Morgan fingerprint density at radius 1 is 1.41 bits per heavy atom. The van der Waals surface area contributed by atoms with Crippen molar-refractivity contribution in [3.8, 4) is 0 Å². The molecule has 0 bridgehead atoms. The summed E-state index contributed by atoms with van der Waals surface area (Å²) >= 11 is 2.89. The Bertz CT molecular complexity index is 703. The van der Waals surface area contributed by atoms with Gasteiger partial charge in [-0.3, -0.25) is 4.79 Å². The van der Waals surface area contributed by atoms with Gasteiger partial charge in [0.1, 0.15) is 5.00 Å². The van der Waals surface area contributed by atoms with Gasteiger partial charge in [0.15, 0.2) is 0 Å². The summed E-state index contributed by atoms with van der Waals surface area (Å²) < 4.78 is 4.92. The van der Waals surface area contributed by atoms with Crippen LogP contribution in [0, 0.1) is 5.92 Å². The van der Waals surface area contributed by atoms with Crippen molar-refractivity contribution in [3.05, 3.63) is 38.4 Å². The summed E-state index contributed by atoms with van der Waals surface area (Å²) in [5.41, 5.74) is 1.59. The molecule has 1 N–H and O–H groups in total. The van der Waals surface area contributed by atoms with E-state index < -0.39 is 0 Å². The Morgan fingerprint density at radius 3 is 2.91 bits per heavy atom. The fraction of sp³-hybridized carbons (Fsp3) is 0.375. The van der Waals surface area contributed by atoms with E-state index in [4.69, 9.17) is 4.74 Å². The van der Waals surface area contributed by atoms with Gasteiger partial charge in [0, 0.05) is 4.88 Å². The Balaban J connectivity index is 1.96. The molecule has 4 nitrogen and oxygen atoms in total. The molecule has 1 atom stereocenters. The van der Waals surface area contributed by atoms with Gasteiger partial charge in [-0.15, -0.1) is 22.7 Å². The van der Waals surface area contributed by atoms with E-state index in [1.807, 2.05) is 11.4 Å². The van der Waals surface area contributed by atoms with Crippen molar-refractivity contribution in [2.24, 2.45) is 5.92 Å². The summed E-state index contributed by atoms with van der Waals surface area (Å²) in [4.78, 5) is 26.3. The summed E-state index contributed by atoms with van der Waals surface area (Å²) in [5, 5.41) is 5.36. The number of rotatable bonds is 3. The number of anilines is 1. The van der Waals surface area contributed by atoms with E-state index in [0.29, 0.717) is 21.4 Å². The van der Waals surface area contributed by atoms with Crippen molar-refractivity contribution in [1.82, 2.24) is 0 Å². The first-order chi connectivity index (χ1) is 10.6. The molecule has 1 amide bonds. The van der Waals surface area contributed by atoms with Crippen molar-refractivity contribution in [2.75, 3.05) is 12.4 Å². The first kappa shape index (κ1) is 15.2. The van der Waals surface area contributed by atoms with Gasteiger partial charge in [-0.25, -0.2) is 4.79 Å². The van der Waals surface area contributed by atoms with Gasteiger partial charge in [-0.05, 0) is 42.2 Å². The molecule has 2 aromatic rings. The van der Waals surface area contributed by atoms with Crippen LogP contribution in [0.3, 0.4) is 0 Å². The van der Waals surface area contributed by atoms with E-state index in [-0.39, 0.29) is 11.9 Å². The molecule has 0 aromatic carbocycles. The molecule has 0 unspecified atom stereocenters. The quantitative estimate of drug-likeness (QED) is 0.863. The molecular formula is C16H17NO3S2. The maximum absolute atomic E-state index is 12.3. The Labute approximate surface area is 137 Å². The maximum Gasteiger partial charge on any atom is 0.341 e. The Hall–Kier alpha value is -1.66. The average molecular weight is 335 g/mol. The van der Waals surface area contributed by atoms with Crippen LogP contribution in [0.2, 0.25) is 0 Å². The lowest BCUT2D eigenvalue weighted by atomic mass is 9.88. The lowest BCUT2D eigenvalue weighted by Crippen LogP contribution is -2.15. The lowest BCUT2D eigenvalue weighted by Gasteiger charge is -2.18. The number of thiophene rings is 2. The predicted molar refractivity (Wildman–Crippen MR) is 89.1 cm³/mol. The van der Waals surface area contributed by atoms with Crippen LogP contribution in [0.1, 0.15) is 43.8 Å². The van der Waals surface area contributed by atoms with Crippen LogP contribution in [0.25, 0.3) is 0 Å². The first-order valence-electron chi connectivity index (χ1n) is 7.17. The minimum absolute atomic E-state index is 0.174. The molecule has 0 radical (unpaired) electrons. The first-order valence-corrected chi connectivity index (χ1v) is 8.87. The zero-order chi connectivity index (χ0) is 15.7. The molecule has 22 heavy (non-hydrogen) atoms. The average Bonchev–Trinajstić information content (AvgIpc) is 3.13. The fourth-order valence-corrected chi connectivity index (χ4v) is 4.74. The van der Waals surface area contributed by atoms with E-state index in [1.54, 1.807) is 6.07 Å². The number of methoxy groups -OCH3 is 1. The van der Waals surface area contributed by atoms with Crippen molar-refractivity contribution < 1.29 is 14.3 Å². The summed E-state index contributed by atoms with van der Waals surface area (Å²) in [7, 11) is 1.38. The molecule has 0 fully saturated rings. The van der Waals surface area contributed by atoms with Crippen LogP contribution >= 0.6 is 22.7 Å². The van der Waals surface area contributed by atoms with E-state index in [1.165, 1.54) is 34.7 Å². The summed E-state index contributed by atoms with van der Waals surface area (Å²) in [6.45, 7) is 2.21. The third kappa shape index (κ3) is 2.80. The molecule has 0 saturated heterocycles. The molecule has 1 aliphatic rings. The number of carbonyl (C=O) groups excluding carboxylic acids is 2. The molecule has 2 aromatic heterocycles. The lowest BCUT2D eigenvalue weighted by molar-refractivity contribution is 0.0601. The van der Waals surface area contributed by atoms with Crippen LogP contribution in [0.5, 0.6) is 0 Å². The molecule has 3 rings (SSSR count). The van der Waals surface area contributed by atoms with E-state index in [2.05, 4.69) is 12.2 Å². The number of fused-ring (bicyclic) bond motifs is 1. The van der Waals surface area contributed by atoms with Gasteiger partial charge in [0.05, 0.1) is 17.6 Å². The summed E-state index contributed by atoms with van der Waals surface area (Å²) in [5.74, 6) is 0.0674. The van der Waals surface area contributed by atoms with Crippen LogP contribution < -0.4 is 5.32 Å². The molecule has 1 aliphatic carbocycles. The predicted octanol–water partition coefficient (Wildman–Crippen LogP) is 3.97. The van der Waals surface area contributed by atoms with Crippen LogP contribution in [-0.4, -0.2) is 19.0 Å². The molecular weight excluding hydrogens is 318 g/mol. The van der Waals surface area contributed by atoms with Crippen LogP contribution in [0.15, 0.2) is 17.5 Å². The minimum atomic E-state index is -0.367. The van der Waals surface area contributed by atoms with E-state index in [9.17, 15) is 9.59 Å². The van der Waals surface area contributed by atoms with E-state index >= 15 is 0 Å². The SMILES string of the molecule is COC(=O)c1c(NC(=O)c2cccs2)sc2c1CC[C@@H](C)C2. The number of hydrogen-bond donors (Lipinski definition) is 1. The number of ether oxygens (including phenoxy) is 1. The number of nitrogens with one attached hydrogen (secondary N) is 1. The molecule has 0 saturated carbocycles. The van der Waals surface area contributed by atoms with Crippen LogP contribution in [0.4, 0.5) is 5.00 Å². The molecule has 0 aliphatic heterocycles. The van der Waals surface area contributed by atoms with Gasteiger partial charge >= 0.3 is 5.97 Å². The number of carbonyl (C=O) groups is 2. The van der Waals surface area contributed by atoms with Crippen molar-refractivity contribution >= 4 is 39.6 Å². The van der Waals surface area contributed by atoms with E-state index in [0.717, 1.165) is 24.8 Å².